The third-order valence-corrected chi connectivity index (χ3v) is 3.57. The summed E-state index contributed by atoms with van der Waals surface area (Å²) in [6.07, 6.45) is 9.93. The number of nitrogens with zero attached hydrogens (tertiary/aromatic N) is 2. The van der Waals surface area contributed by atoms with Crippen molar-refractivity contribution < 1.29 is 0 Å². The van der Waals surface area contributed by atoms with Gasteiger partial charge in [0, 0.05) is 10.9 Å². The number of fused-ring (bicyclic) bond motifs is 1. The summed E-state index contributed by atoms with van der Waals surface area (Å²) in [5, 5.41) is 2.23. The fraction of sp³-hybridized carbons (Fsp3) is 0.500. The summed E-state index contributed by atoms with van der Waals surface area (Å²) >= 11 is 0. The van der Waals surface area contributed by atoms with Crippen LogP contribution in [0.5, 0.6) is 0 Å². The molecule has 1 heterocycles. The van der Waals surface area contributed by atoms with E-state index in [0.717, 1.165) is 41.6 Å². The van der Waals surface area contributed by atoms with Crippen molar-refractivity contribution in [2.24, 2.45) is 4.99 Å². The van der Waals surface area contributed by atoms with E-state index < -0.39 is 0 Å². The van der Waals surface area contributed by atoms with Gasteiger partial charge in [-0.3, -0.25) is 4.99 Å². The fourth-order valence-corrected chi connectivity index (χ4v) is 2.44. The van der Waals surface area contributed by atoms with Gasteiger partial charge in [0.2, 0.25) is 0 Å². The normalized spacial score (nSPS) is 14.6. The van der Waals surface area contributed by atoms with Crippen molar-refractivity contribution in [3.05, 3.63) is 16.1 Å². The van der Waals surface area contributed by atoms with Crippen LogP contribution in [0, 0.1) is 6.92 Å². The van der Waals surface area contributed by atoms with Gasteiger partial charge in [0.15, 0.2) is 0 Å². The third-order valence-electron chi connectivity index (χ3n) is 3.57. The van der Waals surface area contributed by atoms with Gasteiger partial charge in [0.25, 0.3) is 0 Å². The summed E-state index contributed by atoms with van der Waals surface area (Å²) in [7, 11) is 0. The Morgan fingerprint density at radius 3 is 2.84 bits per heavy atom. The fourth-order valence-electron chi connectivity index (χ4n) is 2.44. The standard InChI is InChI=1S/C16H23N3/c1-4-5-8-11(2)18-15-12(3)13-9-6-7-10-14(13)19-16(15)17/h9-10H,4-8H2,1-3H3,(H2,17,19)/b18-11+. The largest absolute Gasteiger partial charge is 0.382 e. The molecule has 0 bridgehead atoms. The molecule has 0 saturated heterocycles. The first-order valence-corrected chi connectivity index (χ1v) is 7.14. The van der Waals surface area contributed by atoms with Crippen LogP contribution in [0.3, 0.4) is 0 Å². The second kappa shape index (κ2) is 6.00. The molecular formula is C16H23N3. The second-order valence-corrected chi connectivity index (χ2v) is 5.21. The van der Waals surface area contributed by atoms with Crippen molar-refractivity contribution in [2.45, 2.75) is 52.9 Å². The Morgan fingerprint density at radius 2 is 2.11 bits per heavy atom. The molecule has 0 aromatic carbocycles. The minimum absolute atomic E-state index is 0.554. The van der Waals surface area contributed by atoms with Gasteiger partial charge >= 0.3 is 0 Å². The Morgan fingerprint density at radius 1 is 1.37 bits per heavy atom. The third kappa shape index (κ3) is 3.03. The molecule has 0 aliphatic heterocycles. The number of aliphatic imine (C=N–C) groups is 1. The molecule has 3 heteroatoms. The van der Waals surface area contributed by atoms with Crippen molar-refractivity contribution in [3.8, 4) is 0 Å². The summed E-state index contributed by atoms with van der Waals surface area (Å²) in [6.45, 7) is 6.36. The highest BCUT2D eigenvalue weighted by Gasteiger charge is 2.08. The number of nitrogen functional groups attached to an aromatic ring is 1. The average Bonchev–Trinajstić information content (AvgIpc) is 2.41. The molecule has 19 heavy (non-hydrogen) atoms. The smallest absolute Gasteiger partial charge is 0.150 e. The number of anilines is 1. The van der Waals surface area contributed by atoms with E-state index in [4.69, 9.17) is 10.7 Å². The SMILES string of the molecule is CCCC/C(C)=N/c1c(N)nc2c(c1C)=CCCC=2. The van der Waals surface area contributed by atoms with Crippen LogP contribution in [0.1, 0.15) is 51.5 Å². The van der Waals surface area contributed by atoms with Gasteiger partial charge < -0.3 is 5.73 Å². The molecule has 0 atom stereocenters. The van der Waals surface area contributed by atoms with E-state index in [1.54, 1.807) is 0 Å². The van der Waals surface area contributed by atoms with E-state index in [9.17, 15) is 0 Å². The number of hydrogen-bond donors (Lipinski definition) is 1. The van der Waals surface area contributed by atoms with Gasteiger partial charge in [-0.05, 0) is 45.1 Å². The molecule has 1 aromatic heterocycles. The van der Waals surface area contributed by atoms with Crippen molar-refractivity contribution in [1.29, 1.82) is 0 Å². The molecular weight excluding hydrogens is 234 g/mol. The quantitative estimate of drug-likeness (QED) is 0.843. The minimum Gasteiger partial charge on any atom is -0.382 e. The Kier molecular flexibility index (Phi) is 4.35. The van der Waals surface area contributed by atoms with E-state index >= 15 is 0 Å². The van der Waals surface area contributed by atoms with Crippen molar-refractivity contribution >= 4 is 29.4 Å². The predicted molar refractivity (Wildman–Crippen MR) is 83.1 cm³/mol. The van der Waals surface area contributed by atoms with Crippen LogP contribution in [0.15, 0.2) is 4.99 Å². The van der Waals surface area contributed by atoms with Crippen LogP contribution in [0.2, 0.25) is 0 Å². The Labute approximate surface area is 115 Å². The molecule has 0 radical (unpaired) electrons. The number of unbranched alkanes of at least 4 members (excludes halogenated alkanes) is 1. The maximum absolute atomic E-state index is 6.07. The summed E-state index contributed by atoms with van der Waals surface area (Å²) in [5.74, 6) is 0.554. The molecule has 2 rings (SSSR count). The van der Waals surface area contributed by atoms with Gasteiger partial charge in [-0.2, -0.15) is 0 Å². The van der Waals surface area contributed by atoms with Crippen LogP contribution in [-0.2, 0) is 0 Å². The summed E-state index contributed by atoms with van der Waals surface area (Å²) in [6, 6.07) is 0. The maximum Gasteiger partial charge on any atom is 0.150 e. The molecule has 0 fully saturated rings. The monoisotopic (exact) mass is 257 g/mol. The molecule has 0 unspecified atom stereocenters. The Bertz CT molecular complexity index is 612. The van der Waals surface area contributed by atoms with Crippen LogP contribution in [0.25, 0.3) is 12.2 Å². The lowest BCUT2D eigenvalue weighted by Crippen LogP contribution is -2.33. The molecule has 1 aromatic rings. The zero-order chi connectivity index (χ0) is 13.8. The van der Waals surface area contributed by atoms with E-state index in [1.807, 2.05) is 0 Å². The molecule has 0 amide bonds. The first kappa shape index (κ1) is 13.8. The van der Waals surface area contributed by atoms with E-state index in [2.05, 4.69) is 37.9 Å². The lowest BCUT2D eigenvalue weighted by atomic mass is 10.1. The second-order valence-electron chi connectivity index (χ2n) is 5.21. The van der Waals surface area contributed by atoms with Gasteiger partial charge in [-0.1, -0.05) is 25.5 Å². The Balaban J connectivity index is 2.48. The molecule has 1 aliphatic rings. The van der Waals surface area contributed by atoms with Gasteiger partial charge in [-0.25, -0.2) is 4.98 Å². The molecule has 3 nitrogen and oxygen atoms in total. The zero-order valence-electron chi connectivity index (χ0n) is 12.2. The van der Waals surface area contributed by atoms with Crippen molar-refractivity contribution in [1.82, 2.24) is 4.98 Å². The minimum atomic E-state index is 0.554. The lowest BCUT2D eigenvalue weighted by molar-refractivity contribution is 0.833. The summed E-state index contributed by atoms with van der Waals surface area (Å²) in [5.41, 5.74) is 9.23. The molecule has 102 valence electrons. The molecule has 2 N–H and O–H groups in total. The average molecular weight is 257 g/mol. The van der Waals surface area contributed by atoms with E-state index in [0.29, 0.717) is 5.82 Å². The number of rotatable bonds is 4. The molecule has 0 spiro atoms. The molecule has 0 saturated carbocycles. The van der Waals surface area contributed by atoms with Crippen LogP contribution >= 0.6 is 0 Å². The van der Waals surface area contributed by atoms with E-state index in [1.165, 1.54) is 18.1 Å². The topological polar surface area (TPSA) is 51.3 Å². The number of hydrogen-bond acceptors (Lipinski definition) is 3. The van der Waals surface area contributed by atoms with Crippen molar-refractivity contribution in [3.63, 3.8) is 0 Å². The summed E-state index contributed by atoms with van der Waals surface area (Å²) < 4.78 is 0. The summed E-state index contributed by atoms with van der Waals surface area (Å²) in [4.78, 5) is 9.19. The van der Waals surface area contributed by atoms with Crippen LogP contribution in [-0.4, -0.2) is 10.7 Å². The first-order valence-electron chi connectivity index (χ1n) is 7.14. The number of nitrogens with two attached hydrogens (primary N) is 1. The highest BCUT2D eigenvalue weighted by Crippen LogP contribution is 2.22. The highest BCUT2D eigenvalue weighted by atomic mass is 14.9. The number of aromatic nitrogens is 1. The predicted octanol–water partition coefficient (Wildman–Crippen LogP) is 2.61. The number of pyridine rings is 1. The molecule has 1 aliphatic carbocycles. The first-order chi connectivity index (χ1) is 9.13. The van der Waals surface area contributed by atoms with Gasteiger partial charge in [0.1, 0.15) is 11.5 Å². The highest BCUT2D eigenvalue weighted by molar-refractivity contribution is 5.86. The van der Waals surface area contributed by atoms with Crippen LogP contribution in [0.4, 0.5) is 11.5 Å². The van der Waals surface area contributed by atoms with Gasteiger partial charge in [0.05, 0.1) is 5.35 Å². The van der Waals surface area contributed by atoms with E-state index in [-0.39, 0.29) is 0 Å². The maximum atomic E-state index is 6.07. The van der Waals surface area contributed by atoms with Crippen LogP contribution < -0.4 is 16.3 Å². The zero-order valence-corrected chi connectivity index (χ0v) is 12.2. The van der Waals surface area contributed by atoms with Crippen molar-refractivity contribution in [2.75, 3.05) is 5.73 Å². The van der Waals surface area contributed by atoms with Gasteiger partial charge in [-0.15, -0.1) is 0 Å². The lowest BCUT2D eigenvalue weighted by Gasteiger charge is -2.09. The Hall–Kier alpha value is -1.64.